The van der Waals surface area contributed by atoms with Crippen molar-refractivity contribution < 1.29 is 19.1 Å². The average molecular weight is 231 g/mol. The molecular formula is C9H17N3O4. The first kappa shape index (κ1) is 14.4. The zero-order valence-electron chi connectivity index (χ0n) is 9.36. The molecule has 2 atom stereocenters. The van der Waals surface area contributed by atoms with Gasteiger partial charge in [-0.15, -0.1) is 0 Å². The molecule has 0 aromatic rings. The molecule has 0 aromatic heterocycles. The highest BCUT2D eigenvalue weighted by Gasteiger charge is 2.20. The standard InChI is InChI=1S/C9H17N3O4/c1-5(9(15)16-2)12-8(14)6(10)3-4-7(11)13/h5-6H,3-4,10H2,1-2H3,(H2,11,13)(H,12,14)/t5-,6-/m0/s1. The lowest BCUT2D eigenvalue weighted by Gasteiger charge is -2.15. The van der Waals surface area contributed by atoms with Gasteiger partial charge in [0.25, 0.3) is 0 Å². The Kier molecular flexibility index (Phi) is 6.09. The predicted octanol–water partition coefficient (Wildman–Crippen LogP) is -1.74. The van der Waals surface area contributed by atoms with Gasteiger partial charge in [-0.1, -0.05) is 0 Å². The summed E-state index contributed by atoms with van der Waals surface area (Å²) in [5.74, 6) is -1.60. The lowest BCUT2D eigenvalue weighted by atomic mass is 10.1. The van der Waals surface area contributed by atoms with Crippen molar-refractivity contribution in [2.75, 3.05) is 7.11 Å². The third kappa shape index (κ3) is 5.30. The molecule has 0 heterocycles. The van der Waals surface area contributed by atoms with Crippen molar-refractivity contribution in [1.29, 1.82) is 0 Å². The van der Waals surface area contributed by atoms with E-state index in [9.17, 15) is 14.4 Å². The highest BCUT2D eigenvalue weighted by atomic mass is 16.5. The van der Waals surface area contributed by atoms with Crippen molar-refractivity contribution in [3.8, 4) is 0 Å². The summed E-state index contributed by atoms with van der Waals surface area (Å²) in [5, 5.41) is 2.36. The number of nitrogens with two attached hydrogens (primary N) is 2. The monoisotopic (exact) mass is 231 g/mol. The Hall–Kier alpha value is -1.63. The highest BCUT2D eigenvalue weighted by Crippen LogP contribution is 1.95. The van der Waals surface area contributed by atoms with Gasteiger partial charge in [-0.2, -0.15) is 0 Å². The van der Waals surface area contributed by atoms with Crippen LogP contribution in [0.3, 0.4) is 0 Å². The second kappa shape index (κ2) is 6.78. The van der Waals surface area contributed by atoms with Gasteiger partial charge in [0.2, 0.25) is 11.8 Å². The number of carbonyl (C=O) groups excluding carboxylic acids is 3. The normalized spacial score (nSPS) is 13.7. The Balaban J connectivity index is 4.04. The van der Waals surface area contributed by atoms with E-state index < -0.39 is 29.9 Å². The molecule has 16 heavy (non-hydrogen) atoms. The molecule has 0 aromatic carbocycles. The fourth-order valence-corrected chi connectivity index (χ4v) is 0.985. The van der Waals surface area contributed by atoms with Crippen LogP contribution in [-0.2, 0) is 19.1 Å². The Morgan fingerprint density at radius 3 is 2.38 bits per heavy atom. The van der Waals surface area contributed by atoms with E-state index in [1.165, 1.54) is 14.0 Å². The molecule has 92 valence electrons. The molecule has 0 aliphatic heterocycles. The van der Waals surface area contributed by atoms with Crippen molar-refractivity contribution in [2.45, 2.75) is 31.8 Å². The summed E-state index contributed by atoms with van der Waals surface area (Å²) in [6.45, 7) is 1.48. The van der Waals surface area contributed by atoms with Gasteiger partial charge >= 0.3 is 5.97 Å². The van der Waals surface area contributed by atoms with Crippen molar-refractivity contribution in [1.82, 2.24) is 5.32 Å². The van der Waals surface area contributed by atoms with Crippen LogP contribution in [0, 0.1) is 0 Å². The van der Waals surface area contributed by atoms with Gasteiger partial charge in [-0.05, 0) is 13.3 Å². The minimum atomic E-state index is -0.861. The first-order valence-corrected chi connectivity index (χ1v) is 4.80. The molecule has 0 aliphatic carbocycles. The van der Waals surface area contributed by atoms with Crippen LogP contribution in [-0.4, -0.2) is 37.0 Å². The second-order valence-corrected chi connectivity index (χ2v) is 3.36. The molecule has 2 amide bonds. The minimum Gasteiger partial charge on any atom is -0.467 e. The molecule has 0 spiro atoms. The zero-order chi connectivity index (χ0) is 12.7. The molecule has 0 saturated carbocycles. The van der Waals surface area contributed by atoms with E-state index in [1.54, 1.807) is 0 Å². The minimum absolute atomic E-state index is 0.0290. The fraction of sp³-hybridized carbons (Fsp3) is 0.667. The van der Waals surface area contributed by atoms with Gasteiger partial charge in [0.1, 0.15) is 6.04 Å². The lowest BCUT2D eigenvalue weighted by molar-refractivity contribution is -0.144. The molecular weight excluding hydrogens is 214 g/mol. The summed E-state index contributed by atoms with van der Waals surface area (Å²) in [7, 11) is 1.22. The number of amides is 2. The maximum atomic E-state index is 11.4. The molecule has 0 saturated heterocycles. The van der Waals surface area contributed by atoms with Gasteiger partial charge in [0, 0.05) is 6.42 Å². The maximum Gasteiger partial charge on any atom is 0.328 e. The smallest absolute Gasteiger partial charge is 0.328 e. The van der Waals surface area contributed by atoms with Crippen LogP contribution in [0.1, 0.15) is 19.8 Å². The Labute approximate surface area is 93.5 Å². The van der Waals surface area contributed by atoms with Gasteiger partial charge < -0.3 is 21.5 Å². The quantitative estimate of drug-likeness (QED) is 0.468. The van der Waals surface area contributed by atoms with Crippen LogP contribution in [0.15, 0.2) is 0 Å². The molecule has 0 aliphatic rings. The van der Waals surface area contributed by atoms with E-state index in [4.69, 9.17) is 11.5 Å². The SMILES string of the molecule is COC(=O)[C@H](C)NC(=O)[C@@H](N)CCC(N)=O. The van der Waals surface area contributed by atoms with Crippen LogP contribution < -0.4 is 16.8 Å². The van der Waals surface area contributed by atoms with Crippen LogP contribution in [0.5, 0.6) is 0 Å². The van der Waals surface area contributed by atoms with Crippen molar-refractivity contribution in [2.24, 2.45) is 11.5 Å². The van der Waals surface area contributed by atoms with Gasteiger partial charge in [-0.3, -0.25) is 9.59 Å². The number of methoxy groups -OCH3 is 1. The molecule has 7 nitrogen and oxygen atoms in total. The van der Waals surface area contributed by atoms with Gasteiger partial charge in [-0.25, -0.2) is 4.79 Å². The third-order valence-electron chi connectivity index (χ3n) is 1.95. The first-order valence-electron chi connectivity index (χ1n) is 4.80. The molecule has 7 heteroatoms. The van der Waals surface area contributed by atoms with E-state index in [1.807, 2.05) is 0 Å². The van der Waals surface area contributed by atoms with E-state index in [2.05, 4.69) is 10.1 Å². The summed E-state index contributed by atoms with van der Waals surface area (Å²) in [5.41, 5.74) is 10.4. The number of hydrogen-bond acceptors (Lipinski definition) is 5. The number of carbonyl (C=O) groups is 3. The first-order chi connectivity index (χ1) is 7.38. The van der Waals surface area contributed by atoms with E-state index >= 15 is 0 Å². The van der Waals surface area contributed by atoms with E-state index in [-0.39, 0.29) is 12.8 Å². The Morgan fingerprint density at radius 2 is 1.94 bits per heavy atom. The van der Waals surface area contributed by atoms with E-state index in [0.717, 1.165) is 0 Å². The largest absolute Gasteiger partial charge is 0.467 e. The van der Waals surface area contributed by atoms with Gasteiger partial charge in [0.05, 0.1) is 13.2 Å². The summed E-state index contributed by atoms with van der Waals surface area (Å²) in [6, 6.07) is -1.63. The molecule has 0 rings (SSSR count). The molecule has 0 unspecified atom stereocenters. The highest BCUT2D eigenvalue weighted by molar-refractivity contribution is 5.87. The molecule has 0 fully saturated rings. The lowest BCUT2D eigenvalue weighted by Crippen LogP contribution is -2.47. The van der Waals surface area contributed by atoms with Crippen LogP contribution in [0.4, 0.5) is 0 Å². The maximum absolute atomic E-state index is 11.4. The molecule has 5 N–H and O–H groups in total. The third-order valence-corrected chi connectivity index (χ3v) is 1.95. The topological polar surface area (TPSA) is 125 Å². The summed E-state index contributed by atoms with van der Waals surface area (Å²) in [4.78, 5) is 32.8. The fourth-order valence-electron chi connectivity index (χ4n) is 0.985. The predicted molar refractivity (Wildman–Crippen MR) is 56.0 cm³/mol. The van der Waals surface area contributed by atoms with Crippen molar-refractivity contribution in [3.05, 3.63) is 0 Å². The number of rotatable bonds is 6. The number of nitrogens with one attached hydrogen (secondary N) is 1. The number of hydrogen-bond donors (Lipinski definition) is 3. The van der Waals surface area contributed by atoms with Crippen LogP contribution in [0.25, 0.3) is 0 Å². The van der Waals surface area contributed by atoms with Gasteiger partial charge in [0.15, 0.2) is 0 Å². The van der Waals surface area contributed by atoms with E-state index in [0.29, 0.717) is 0 Å². The number of ether oxygens (including phenoxy) is 1. The van der Waals surface area contributed by atoms with Crippen LogP contribution >= 0.6 is 0 Å². The molecule has 0 bridgehead atoms. The average Bonchev–Trinajstić information content (AvgIpc) is 2.24. The Morgan fingerprint density at radius 1 is 1.38 bits per heavy atom. The summed E-state index contributed by atoms with van der Waals surface area (Å²) >= 11 is 0. The number of primary amides is 1. The van der Waals surface area contributed by atoms with Crippen molar-refractivity contribution >= 4 is 17.8 Å². The zero-order valence-corrected chi connectivity index (χ0v) is 9.36. The molecule has 0 radical (unpaired) electrons. The number of esters is 1. The second-order valence-electron chi connectivity index (χ2n) is 3.36. The summed E-state index contributed by atoms with van der Waals surface area (Å²) < 4.78 is 4.42. The summed E-state index contributed by atoms with van der Waals surface area (Å²) in [6.07, 6.45) is 0.177. The Bertz CT molecular complexity index is 280. The van der Waals surface area contributed by atoms with Crippen LogP contribution in [0.2, 0.25) is 0 Å². The van der Waals surface area contributed by atoms with Crippen molar-refractivity contribution in [3.63, 3.8) is 0 Å².